The van der Waals surface area contributed by atoms with Crippen molar-refractivity contribution < 1.29 is 34.8 Å². The maximum atomic E-state index is 13.7. The van der Waals surface area contributed by atoms with Crippen molar-refractivity contribution in [2.24, 2.45) is 17.6 Å². The summed E-state index contributed by atoms with van der Waals surface area (Å²) < 4.78 is 0. The molecule has 9 heteroatoms. The molecule has 1 aromatic rings. The predicted octanol–water partition coefficient (Wildman–Crippen LogP) is 1.09. The number of nitrogens with zero attached hydrogens (tertiary/aromatic N) is 1. The number of aromatic hydroxyl groups is 1. The average Bonchev–Trinajstić information content (AvgIpc) is 2.70. The average molecular weight is 456 g/mol. The highest BCUT2D eigenvalue weighted by molar-refractivity contribution is 6.24. The van der Waals surface area contributed by atoms with Crippen LogP contribution in [0, 0.1) is 11.8 Å². The maximum absolute atomic E-state index is 13.7. The quantitative estimate of drug-likeness (QED) is 0.422. The zero-order chi connectivity index (χ0) is 24.6. The van der Waals surface area contributed by atoms with Crippen LogP contribution in [0.1, 0.15) is 42.9 Å². The first kappa shape index (κ1) is 23.0. The van der Waals surface area contributed by atoms with E-state index in [0.717, 1.165) is 5.56 Å². The third-order valence-corrected chi connectivity index (χ3v) is 7.26. The standard InChI is InChI=1S/C24H28N2O7/c1-9(2)11-5-6-14(27)16-12(11)7-10-8-13-18(26(3)4)20(29)17(23(25)32)22(31)24(13,33)21(30)15(10)19(16)28/h5-6,9-10,13,18,27-28,31,33H,7-8H2,1-4H3,(H2,25,32)/t10?,13?,18-,24?/m0/s1. The number of carbonyl (C=O) groups excluding carboxylic acids is 3. The fourth-order valence-corrected chi connectivity index (χ4v) is 5.81. The SMILES string of the molecule is CC(C)c1ccc(O)c2c1CC1CC3[C@H](N(C)C)C(=O)C(C(N)=O)=C(O)C3(O)C(=O)C1=C2O. The number of aliphatic hydroxyl groups is 3. The molecule has 1 amide bonds. The highest BCUT2D eigenvalue weighted by Crippen LogP contribution is 2.53. The lowest BCUT2D eigenvalue weighted by Gasteiger charge is -2.50. The molecule has 0 radical (unpaired) electrons. The maximum Gasteiger partial charge on any atom is 0.255 e. The van der Waals surface area contributed by atoms with Crippen molar-refractivity contribution in [1.82, 2.24) is 4.90 Å². The molecule has 6 N–H and O–H groups in total. The Labute approximate surface area is 190 Å². The molecule has 33 heavy (non-hydrogen) atoms. The molecule has 1 fully saturated rings. The highest BCUT2D eigenvalue weighted by Gasteiger charge is 2.64. The molecule has 4 rings (SSSR count). The lowest BCUT2D eigenvalue weighted by Crippen LogP contribution is -2.65. The van der Waals surface area contributed by atoms with Gasteiger partial charge in [-0.2, -0.15) is 0 Å². The largest absolute Gasteiger partial charge is 0.508 e. The lowest BCUT2D eigenvalue weighted by molar-refractivity contribution is -0.153. The Morgan fingerprint density at radius 1 is 1.18 bits per heavy atom. The van der Waals surface area contributed by atoms with E-state index in [1.54, 1.807) is 20.2 Å². The Kier molecular flexibility index (Phi) is 5.18. The van der Waals surface area contributed by atoms with Gasteiger partial charge >= 0.3 is 0 Å². The Balaban J connectivity index is 1.99. The van der Waals surface area contributed by atoms with E-state index in [2.05, 4.69) is 0 Å². The number of phenolic OH excluding ortho intramolecular Hbond substituents is 1. The normalized spacial score (nSPS) is 29.4. The van der Waals surface area contributed by atoms with Gasteiger partial charge in [0.1, 0.15) is 22.8 Å². The summed E-state index contributed by atoms with van der Waals surface area (Å²) in [6, 6.07) is 2.13. The second-order valence-corrected chi connectivity index (χ2v) is 9.64. The van der Waals surface area contributed by atoms with E-state index in [0.29, 0.717) is 12.0 Å². The van der Waals surface area contributed by atoms with E-state index in [4.69, 9.17) is 5.73 Å². The van der Waals surface area contributed by atoms with E-state index in [-0.39, 0.29) is 29.2 Å². The van der Waals surface area contributed by atoms with Crippen LogP contribution in [0.5, 0.6) is 5.75 Å². The van der Waals surface area contributed by atoms with Crippen LogP contribution in [0.2, 0.25) is 0 Å². The second kappa shape index (κ2) is 7.43. The number of Topliss-reactive ketones (excluding diaryl/α,β-unsaturated/α-hetero) is 2. The Morgan fingerprint density at radius 2 is 1.82 bits per heavy atom. The van der Waals surface area contributed by atoms with Gasteiger partial charge in [-0.25, -0.2) is 0 Å². The van der Waals surface area contributed by atoms with E-state index in [1.165, 1.54) is 11.0 Å². The summed E-state index contributed by atoms with van der Waals surface area (Å²) in [6.07, 6.45) is 0.384. The smallest absolute Gasteiger partial charge is 0.255 e. The van der Waals surface area contributed by atoms with Crippen LogP contribution in [0.4, 0.5) is 0 Å². The lowest BCUT2D eigenvalue weighted by atomic mass is 9.57. The van der Waals surface area contributed by atoms with Crippen LogP contribution in [0.3, 0.4) is 0 Å². The van der Waals surface area contributed by atoms with Crippen LogP contribution in [-0.4, -0.2) is 68.5 Å². The van der Waals surface area contributed by atoms with Crippen LogP contribution < -0.4 is 5.73 Å². The number of amides is 1. The number of rotatable bonds is 3. The van der Waals surface area contributed by atoms with Crippen molar-refractivity contribution in [2.45, 2.75) is 44.2 Å². The first-order valence-corrected chi connectivity index (χ1v) is 10.8. The molecule has 3 aliphatic carbocycles. The van der Waals surface area contributed by atoms with Gasteiger partial charge in [-0.15, -0.1) is 0 Å². The van der Waals surface area contributed by atoms with Crippen molar-refractivity contribution in [3.63, 3.8) is 0 Å². The van der Waals surface area contributed by atoms with Gasteiger partial charge in [0.2, 0.25) is 5.78 Å². The van der Waals surface area contributed by atoms with Crippen molar-refractivity contribution in [3.8, 4) is 5.75 Å². The van der Waals surface area contributed by atoms with E-state index in [1.807, 2.05) is 13.8 Å². The number of ketones is 2. The van der Waals surface area contributed by atoms with Gasteiger partial charge in [0.15, 0.2) is 11.4 Å². The molecule has 1 aromatic carbocycles. The minimum atomic E-state index is -2.62. The first-order valence-electron chi connectivity index (χ1n) is 10.8. The summed E-state index contributed by atoms with van der Waals surface area (Å²) in [4.78, 5) is 40.2. The van der Waals surface area contributed by atoms with Crippen molar-refractivity contribution >= 4 is 23.2 Å². The summed E-state index contributed by atoms with van der Waals surface area (Å²) in [5.74, 6) is -6.33. The van der Waals surface area contributed by atoms with E-state index < -0.39 is 58.0 Å². The van der Waals surface area contributed by atoms with Crippen LogP contribution in [0.25, 0.3) is 5.76 Å². The Hall–Kier alpha value is -3.17. The second-order valence-electron chi connectivity index (χ2n) is 9.64. The number of hydrogen-bond donors (Lipinski definition) is 5. The first-order chi connectivity index (χ1) is 15.3. The molecule has 0 saturated heterocycles. The molecule has 0 bridgehead atoms. The number of nitrogens with two attached hydrogens (primary N) is 1. The third-order valence-electron chi connectivity index (χ3n) is 7.26. The summed E-state index contributed by atoms with van der Waals surface area (Å²) in [7, 11) is 3.14. The van der Waals surface area contributed by atoms with Gasteiger partial charge in [0.05, 0.1) is 11.6 Å². The predicted molar refractivity (Wildman–Crippen MR) is 118 cm³/mol. The number of hydrogen-bond acceptors (Lipinski definition) is 8. The van der Waals surface area contributed by atoms with Crippen LogP contribution in [0.15, 0.2) is 29.0 Å². The molecule has 0 aliphatic heterocycles. The number of likely N-dealkylation sites (N-methyl/N-ethyl adjacent to an activating group) is 1. The Morgan fingerprint density at radius 3 is 2.36 bits per heavy atom. The number of primary amides is 1. The minimum absolute atomic E-state index is 0.0823. The zero-order valence-electron chi connectivity index (χ0n) is 18.9. The van der Waals surface area contributed by atoms with Gasteiger partial charge in [-0.3, -0.25) is 19.3 Å². The molecule has 9 nitrogen and oxygen atoms in total. The van der Waals surface area contributed by atoms with E-state index in [9.17, 15) is 34.8 Å². The van der Waals surface area contributed by atoms with E-state index >= 15 is 0 Å². The van der Waals surface area contributed by atoms with Gasteiger partial charge in [0.25, 0.3) is 5.91 Å². The molecule has 4 atom stereocenters. The number of carbonyl (C=O) groups is 3. The molecular formula is C24H28N2O7. The monoisotopic (exact) mass is 456 g/mol. The van der Waals surface area contributed by atoms with Gasteiger partial charge in [-0.1, -0.05) is 19.9 Å². The number of benzene rings is 1. The Bertz CT molecular complexity index is 1160. The molecule has 3 unspecified atom stereocenters. The number of aliphatic hydroxyl groups excluding tert-OH is 2. The molecule has 3 aliphatic rings. The number of phenols is 1. The van der Waals surface area contributed by atoms with Gasteiger partial charge in [0, 0.05) is 11.5 Å². The fraction of sp³-hybridized carbons (Fsp3) is 0.458. The van der Waals surface area contributed by atoms with Crippen molar-refractivity contribution in [3.05, 3.63) is 45.7 Å². The summed E-state index contributed by atoms with van der Waals surface area (Å²) >= 11 is 0. The van der Waals surface area contributed by atoms with Crippen molar-refractivity contribution in [1.29, 1.82) is 0 Å². The summed E-state index contributed by atoms with van der Waals surface area (Å²) in [5.41, 5.74) is 3.47. The molecular weight excluding hydrogens is 428 g/mol. The van der Waals surface area contributed by atoms with Crippen LogP contribution >= 0.6 is 0 Å². The summed E-state index contributed by atoms with van der Waals surface area (Å²) in [5, 5.41) is 44.0. The molecule has 1 saturated carbocycles. The summed E-state index contributed by atoms with van der Waals surface area (Å²) in [6.45, 7) is 3.95. The van der Waals surface area contributed by atoms with Gasteiger partial charge in [-0.05, 0) is 56.0 Å². The fourth-order valence-electron chi connectivity index (χ4n) is 5.81. The third kappa shape index (κ3) is 2.95. The highest BCUT2D eigenvalue weighted by atomic mass is 16.3. The molecule has 0 spiro atoms. The number of fused-ring (bicyclic) bond motifs is 3. The molecule has 176 valence electrons. The van der Waals surface area contributed by atoms with Gasteiger partial charge < -0.3 is 26.2 Å². The zero-order valence-corrected chi connectivity index (χ0v) is 18.9. The molecule has 0 heterocycles. The topological polar surface area (TPSA) is 161 Å². The van der Waals surface area contributed by atoms with Crippen LogP contribution in [-0.2, 0) is 20.8 Å². The minimum Gasteiger partial charge on any atom is -0.508 e. The molecule has 0 aromatic heterocycles. The van der Waals surface area contributed by atoms with Crippen molar-refractivity contribution in [2.75, 3.05) is 14.1 Å².